The third kappa shape index (κ3) is 3.36. The monoisotopic (exact) mass is 300 g/mol. The average Bonchev–Trinajstić information content (AvgIpc) is 3.06. The first-order valence-electron chi connectivity index (χ1n) is 7.70. The molecule has 22 heavy (non-hydrogen) atoms. The van der Waals surface area contributed by atoms with Gasteiger partial charge < -0.3 is 14.9 Å². The molecule has 1 fully saturated rings. The van der Waals surface area contributed by atoms with Gasteiger partial charge in [0, 0.05) is 24.3 Å². The average molecular weight is 300 g/mol. The van der Waals surface area contributed by atoms with Gasteiger partial charge in [-0.2, -0.15) is 0 Å². The van der Waals surface area contributed by atoms with Gasteiger partial charge in [0.05, 0.1) is 0 Å². The van der Waals surface area contributed by atoms with Gasteiger partial charge in [-0.1, -0.05) is 35.5 Å². The standard InChI is InChI=1S/C17H20N2O3/c20-11-12-6-8-14(9-7-12)18-17(21)15-10-16(22-19-15)13-4-2-1-3-5-13/h1-5,10,12,14,20H,6-9,11H2,(H,18,21). The quantitative estimate of drug-likeness (QED) is 0.910. The highest BCUT2D eigenvalue weighted by Gasteiger charge is 2.23. The van der Waals surface area contributed by atoms with E-state index in [2.05, 4.69) is 10.5 Å². The number of aliphatic hydroxyl groups is 1. The molecule has 0 unspecified atom stereocenters. The molecule has 0 bridgehead atoms. The second kappa shape index (κ2) is 6.75. The first-order valence-corrected chi connectivity index (χ1v) is 7.70. The highest BCUT2D eigenvalue weighted by atomic mass is 16.5. The lowest BCUT2D eigenvalue weighted by Gasteiger charge is -2.27. The molecule has 1 aliphatic carbocycles. The molecule has 3 rings (SSSR count). The summed E-state index contributed by atoms with van der Waals surface area (Å²) in [6, 6.07) is 11.4. The first kappa shape index (κ1) is 14.8. The molecule has 1 heterocycles. The minimum Gasteiger partial charge on any atom is -0.396 e. The van der Waals surface area contributed by atoms with Crippen molar-refractivity contribution < 1.29 is 14.4 Å². The fourth-order valence-electron chi connectivity index (χ4n) is 2.87. The van der Waals surface area contributed by atoms with E-state index in [4.69, 9.17) is 9.63 Å². The molecule has 1 saturated carbocycles. The van der Waals surface area contributed by atoms with E-state index in [1.165, 1.54) is 0 Å². The molecule has 0 saturated heterocycles. The van der Waals surface area contributed by atoms with Crippen LogP contribution in [0.4, 0.5) is 0 Å². The van der Waals surface area contributed by atoms with E-state index in [-0.39, 0.29) is 18.6 Å². The van der Waals surface area contributed by atoms with Gasteiger partial charge in [0.25, 0.3) is 5.91 Å². The summed E-state index contributed by atoms with van der Waals surface area (Å²) in [5.41, 5.74) is 1.21. The lowest BCUT2D eigenvalue weighted by molar-refractivity contribution is 0.0905. The Morgan fingerprint density at radius 1 is 1.23 bits per heavy atom. The minimum absolute atomic E-state index is 0.159. The third-order valence-corrected chi connectivity index (χ3v) is 4.24. The summed E-state index contributed by atoms with van der Waals surface area (Å²) in [7, 11) is 0. The molecule has 1 aliphatic rings. The Labute approximate surface area is 129 Å². The van der Waals surface area contributed by atoms with Gasteiger partial charge in [0.2, 0.25) is 0 Å². The van der Waals surface area contributed by atoms with Crippen LogP contribution in [0.5, 0.6) is 0 Å². The Kier molecular flexibility index (Phi) is 4.53. The summed E-state index contributed by atoms with van der Waals surface area (Å²) in [5, 5.41) is 16.0. The van der Waals surface area contributed by atoms with Crippen molar-refractivity contribution in [2.24, 2.45) is 5.92 Å². The second-order valence-electron chi connectivity index (χ2n) is 5.82. The van der Waals surface area contributed by atoms with Crippen LogP contribution < -0.4 is 5.32 Å². The molecule has 5 heteroatoms. The van der Waals surface area contributed by atoms with Gasteiger partial charge in [-0.05, 0) is 31.6 Å². The lowest BCUT2D eigenvalue weighted by Crippen LogP contribution is -2.38. The predicted molar refractivity (Wildman–Crippen MR) is 82.2 cm³/mol. The summed E-state index contributed by atoms with van der Waals surface area (Å²) in [6.07, 6.45) is 3.71. The van der Waals surface area contributed by atoms with E-state index in [9.17, 15) is 4.79 Å². The lowest BCUT2D eigenvalue weighted by atomic mass is 9.86. The van der Waals surface area contributed by atoms with Crippen molar-refractivity contribution in [3.8, 4) is 11.3 Å². The van der Waals surface area contributed by atoms with Crippen LogP contribution in [0, 0.1) is 5.92 Å². The number of aliphatic hydroxyl groups excluding tert-OH is 1. The normalized spacial score (nSPS) is 21.5. The number of hydrogen-bond donors (Lipinski definition) is 2. The largest absolute Gasteiger partial charge is 0.396 e. The Hall–Kier alpha value is -2.14. The number of carbonyl (C=O) groups excluding carboxylic acids is 1. The molecule has 2 N–H and O–H groups in total. The molecular formula is C17H20N2O3. The van der Waals surface area contributed by atoms with Gasteiger partial charge >= 0.3 is 0 Å². The first-order chi connectivity index (χ1) is 10.8. The number of rotatable bonds is 4. The van der Waals surface area contributed by atoms with E-state index in [1.54, 1.807) is 6.07 Å². The summed E-state index contributed by atoms with van der Waals surface area (Å²) >= 11 is 0. The van der Waals surface area contributed by atoms with Crippen molar-refractivity contribution in [2.45, 2.75) is 31.7 Å². The molecule has 116 valence electrons. The van der Waals surface area contributed by atoms with Gasteiger partial charge in [0.1, 0.15) is 0 Å². The van der Waals surface area contributed by atoms with Crippen LogP contribution in [0.25, 0.3) is 11.3 Å². The van der Waals surface area contributed by atoms with Crippen molar-refractivity contribution in [1.82, 2.24) is 10.5 Å². The molecule has 1 aromatic heterocycles. The number of hydrogen-bond acceptors (Lipinski definition) is 4. The molecule has 0 spiro atoms. The summed E-state index contributed by atoms with van der Waals surface area (Å²) in [5.74, 6) is 0.776. The van der Waals surface area contributed by atoms with Crippen LogP contribution >= 0.6 is 0 Å². The van der Waals surface area contributed by atoms with E-state index in [0.29, 0.717) is 17.4 Å². The third-order valence-electron chi connectivity index (χ3n) is 4.24. The topological polar surface area (TPSA) is 75.4 Å². The Balaban J connectivity index is 1.60. The summed E-state index contributed by atoms with van der Waals surface area (Å²) < 4.78 is 5.25. The molecule has 0 aliphatic heterocycles. The van der Waals surface area contributed by atoms with Crippen LogP contribution in [-0.4, -0.2) is 28.8 Å². The van der Waals surface area contributed by atoms with E-state index >= 15 is 0 Å². The Bertz CT molecular complexity index is 616. The van der Waals surface area contributed by atoms with Crippen molar-refractivity contribution in [3.63, 3.8) is 0 Å². The van der Waals surface area contributed by atoms with E-state index in [1.807, 2.05) is 30.3 Å². The zero-order chi connectivity index (χ0) is 15.4. The molecule has 5 nitrogen and oxygen atoms in total. The summed E-state index contributed by atoms with van der Waals surface area (Å²) in [4.78, 5) is 12.2. The number of carbonyl (C=O) groups is 1. The highest BCUT2D eigenvalue weighted by molar-refractivity contribution is 5.93. The molecule has 0 atom stereocenters. The number of nitrogens with one attached hydrogen (secondary N) is 1. The molecular weight excluding hydrogens is 280 g/mol. The zero-order valence-corrected chi connectivity index (χ0v) is 12.4. The van der Waals surface area contributed by atoms with Crippen molar-refractivity contribution in [1.29, 1.82) is 0 Å². The van der Waals surface area contributed by atoms with Crippen molar-refractivity contribution in [3.05, 3.63) is 42.1 Å². The fraction of sp³-hybridized carbons (Fsp3) is 0.412. The maximum Gasteiger partial charge on any atom is 0.273 e. The van der Waals surface area contributed by atoms with Gasteiger partial charge in [-0.3, -0.25) is 4.79 Å². The number of nitrogens with zero attached hydrogens (tertiary/aromatic N) is 1. The maximum atomic E-state index is 12.2. The second-order valence-corrected chi connectivity index (χ2v) is 5.82. The molecule has 1 aromatic carbocycles. The highest BCUT2D eigenvalue weighted by Crippen LogP contribution is 2.24. The van der Waals surface area contributed by atoms with Gasteiger partial charge in [0.15, 0.2) is 11.5 Å². The molecule has 0 radical (unpaired) electrons. The smallest absolute Gasteiger partial charge is 0.273 e. The number of aromatic nitrogens is 1. The number of amides is 1. The van der Waals surface area contributed by atoms with E-state index < -0.39 is 0 Å². The maximum absolute atomic E-state index is 12.2. The van der Waals surface area contributed by atoms with Crippen LogP contribution in [0.1, 0.15) is 36.2 Å². The van der Waals surface area contributed by atoms with Crippen LogP contribution in [-0.2, 0) is 0 Å². The Morgan fingerprint density at radius 3 is 2.64 bits per heavy atom. The van der Waals surface area contributed by atoms with Crippen LogP contribution in [0.2, 0.25) is 0 Å². The van der Waals surface area contributed by atoms with Gasteiger partial charge in [-0.25, -0.2) is 0 Å². The Morgan fingerprint density at radius 2 is 1.95 bits per heavy atom. The zero-order valence-electron chi connectivity index (χ0n) is 12.4. The van der Waals surface area contributed by atoms with E-state index in [0.717, 1.165) is 31.2 Å². The van der Waals surface area contributed by atoms with Gasteiger partial charge in [-0.15, -0.1) is 0 Å². The van der Waals surface area contributed by atoms with Crippen molar-refractivity contribution >= 4 is 5.91 Å². The SMILES string of the molecule is O=C(NC1CCC(CO)CC1)c1cc(-c2ccccc2)on1. The van der Waals surface area contributed by atoms with Crippen LogP contribution in [0.15, 0.2) is 40.9 Å². The molecule has 2 aromatic rings. The van der Waals surface area contributed by atoms with Crippen LogP contribution in [0.3, 0.4) is 0 Å². The predicted octanol–water partition coefficient (Wildman–Crippen LogP) is 2.62. The molecule has 1 amide bonds. The fourth-order valence-corrected chi connectivity index (χ4v) is 2.87. The van der Waals surface area contributed by atoms with Crippen molar-refractivity contribution in [2.75, 3.05) is 6.61 Å². The minimum atomic E-state index is -0.196. The summed E-state index contributed by atoms with van der Waals surface area (Å²) in [6.45, 7) is 0.240. The number of benzene rings is 1.